The summed E-state index contributed by atoms with van der Waals surface area (Å²) in [6, 6.07) is 0.275. The highest BCUT2D eigenvalue weighted by Crippen LogP contribution is 2.10. The van der Waals surface area contributed by atoms with Crippen molar-refractivity contribution in [1.29, 1.82) is 0 Å². The van der Waals surface area contributed by atoms with Crippen molar-refractivity contribution in [1.82, 2.24) is 5.32 Å². The molecular formula is C11H23NO3S. The highest BCUT2D eigenvalue weighted by atomic mass is 32.2. The number of esters is 1. The molecule has 0 spiro atoms. The normalized spacial score (nSPS) is 13.6. The van der Waals surface area contributed by atoms with Crippen LogP contribution in [0, 0.1) is 0 Å². The summed E-state index contributed by atoms with van der Waals surface area (Å²) in [5.74, 6) is 1.06. The zero-order valence-electron chi connectivity index (χ0n) is 10.8. The number of carbonyl (C=O) groups excluding carboxylic acids is 1. The molecule has 1 N–H and O–H groups in total. The molecule has 0 aromatic heterocycles. The first-order valence-corrected chi connectivity index (χ1v) is 6.50. The van der Waals surface area contributed by atoms with E-state index in [0.29, 0.717) is 12.4 Å². The van der Waals surface area contributed by atoms with Crippen LogP contribution in [0.2, 0.25) is 0 Å². The van der Waals surface area contributed by atoms with E-state index in [0.717, 1.165) is 5.75 Å². The second-order valence-corrected chi connectivity index (χ2v) is 5.57. The monoisotopic (exact) mass is 249 g/mol. The molecule has 1 unspecified atom stereocenters. The van der Waals surface area contributed by atoms with Gasteiger partial charge in [0.15, 0.2) is 0 Å². The van der Waals surface area contributed by atoms with Gasteiger partial charge < -0.3 is 14.8 Å². The molecular weight excluding hydrogens is 226 g/mol. The van der Waals surface area contributed by atoms with Crippen molar-refractivity contribution in [3.05, 3.63) is 0 Å². The quantitative estimate of drug-likeness (QED) is 0.689. The van der Waals surface area contributed by atoms with E-state index < -0.39 is 5.60 Å². The van der Waals surface area contributed by atoms with Crippen LogP contribution >= 0.6 is 11.8 Å². The Balaban J connectivity index is 3.68. The molecule has 0 heterocycles. The molecule has 0 aliphatic rings. The topological polar surface area (TPSA) is 47.6 Å². The minimum atomic E-state index is -0.396. The van der Waals surface area contributed by atoms with E-state index in [1.165, 1.54) is 0 Å². The van der Waals surface area contributed by atoms with Crippen LogP contribution in [0.25, 0.3) is 0 Å². The predicted octanol–water partition coefficient (Wildman–Crippen LogP) is 1.30. The SMILES string of the molecule is CNC(COC)CSCC(=O)OC(C)(C)C. The van der Waals surface area contributed by atoms with Crippen molar-refractivity contribution < 1.29 is 14.3 Å². The Hall–Kier alpha value is -0.260. The van der Waals surface area contributed by atoms with E-state index in [-0.39, 0.29) is 12.0 Å². The van der Waals surface area contributed by atoms with Gasteiger partial charge in [0.1, 0.15) is 5.60 Å². The Kier molecular flexibility index (Phi) is 7.80. The summed E-state index contributed by atoms with van der Waals surface area (Å²) in [6.45, 7) is 6.27. The van der Waals surface area contributed by atoms with Crippen LogP contribution in [-0.2, 0) is 14.3 Å². The number of nitrogens with one attached hydrogen (secondary N) is 1. The molecule has 0 saturated carbocycles. The van der Waals surface area contributed by atoms with Gasteiger partial charge in [-0.3, -0.25) is 4.79 Å². The number of hydrogen-bond acceptors (Lipinski definition) is 5. The van der Waals surface area contributed by atoms with Gasteiger partial charge in [-0.25, -0.2) is 0 Å². The molecule has 4 nitrogen and oxygen atoms in total. The van der Waals surface area contributed by atoms with Crippen LogP contribution < -0.4 is 5.32 Å². The molecule has 0 aliphatic heterocycles. The van der Waals surface area contributed by atoms with Crippen molar-refractivity contribution in [3.63, 3.8) is 0 Å². The van der Waals surface area contributed by atoms with E-state index in [1.807, 2.05) is 27.8 Å². The molecule has 96 valence electrons. The molecule has 0 aromatic rings. The molecule has 0 aromatic carbocycles. The fourth-order valence-corrected chi connectivity index (χ4v) is 1.96. The summed E-state index contributed by atoms with van der Waals surface area (Å²) in [7, 11) is 3.56. The van der Waals surface area contributed by atoms with Crippen LogP contribution in [0.3, 0.4) is 0 Å². The smallest absolute Gasteiger partial charge is 0.316 e. The Morgan fingerprint density at radius 3 is 2.50 bits per heavy atom. The van der Waals surface area contributed by atoms with E-state index >= 15 is 0 Å². The average molecular weight is 249 g/mol. The van der Waals surface area contributed by atoms with E-state index in [1.54, 1.807) is 18.9 Å². The van der Waals surface area contributed by atoms with Crippen molar-refractivity contribution in [2.75, 3.05) is 32.3 Å². The summed E-state index contributed by atoms with van der Waals surface area (Å²) < 4.78 is 10.2. The highest BCUT2D eigenvalue weighted by Gasteiger charge is 2.16. The third-order valence-corrected chi connectivity index (χ3v) is 2.81. The van der Waals surface area contributed by atoms with Gasteiger partial charge in [0.2, 0.25) is 0 Å². The Morgan fingerprint density at radius 1 is 1.44 bits per heavy atom. The fraction of sp³-hybridized carbons (Fsp3) is 0.909. The lowest BCUT2D eigenvalue weighted by Gasteiger charge is -2.20. The second kappa shape index (κ2) is 7.92. The standard InChI is InChI=1S/C11H23NO3S/c1-11(2,3)15-10(13)8-16-7-9(12-4)6-14-5/h9,12H,6-8H2,1-5H3. The van der Waals surface area contributed by atoms with Gasteiger partial charge in [0.05, 0.1) is 12.4 Å². The summed E-state index contributed by atoms with van der Waals surface area (Å²) in [5, 5.41) is 3.13. The second-order valence-electron chi connectivity index (χ2n) is 4.54. The summed E-state index contributed by atoms with van der Waals surface area (Å²) in [6.07, 6.45) is 0. The first-order chi connectivity index (χ1) is 7.39. The van der Waals surface area contributed by atoms with Gasteiger partial charge in [-0.15, -0.1) is 11.8 Å². The van der Waals surface area contributed by atoms with Crippen molar-refractivity contribution in [2.24, 2.45) is 0 Å². The van der Waals surface area contributed by atoms with E-state index in [4.69, 9.17) is 9.47 Å². The number of thioether (sulfide) groups is 1. The Morgan fingerprint density at radius 2 is 2.06 bits per heavy atom. The lowest BCUT2D eigenvalue weighted by molar-refractivity contribution is -0.151. The number of likely N-dealkylation sites (N-methyl/N-ethyl adjacent to an activating group) is 1. The zero-order chi connectivity index (χ0) is 12.6. The summed E-state index contributed by atoms with van der Waals surface area (Å²) >= 11 is 1.56. The Labute approximate surface area is 102 Å². The summed E-state index contributed by atoms with van der Waals surface area (Å²) in [4.78, 5) is 11.4. The number of carbonyl (C=O) groups is 1. The van der Waals surface area contributed by atoms with Gasteiger partial charge in [-0.05, 0) is 27.8 Å². The molecule has 0 aliphatic carbocycles. The highest BCUT2D eigenvalue weighted by molar-refractivity contribution is 7.99. The molecule has 0 fully saturated rings. The van der Waals surface area contributed by atoms with Crippen LogP contribution in [0.15, 0.2) is 0 Å². The van der Waals surface area contributed by atoms with Crippen molar-refractivity contribution >= 4 is 17.7 Å². The maximum absolute atomic E-state index is 11.4. The lowest BCUT2D eigenvalue weighted by atomic mass is 10.2. The van der Waals surface area contributed by atoms with Gasteiger partial charge >= 0.3 is 5.97 Å². The van der Waals surface area contributed by atoms with Gasteiger partial charge in [-0.2, -0.15) is 0 Å². The van der Waals surface area contributed by atoms with Crippen LogP contribution in [0.4, 0.5) is 0 Å². The summed E-state index contributed by atoms with van der Waals surface area (Å²) in [5.41, 5.74) is -0.396. The minimum Gasteiger partial charge on any atom is -0.459 e. The average Bonchev–Trinajstić information content (AvgIpc) is 2.13. The van der Waals surface area contributed by atoms with E-state index in [9.17, 15) is 4.79 Å². The number of ether oxygens (including phenoxy) is 2. The molecule has 0 rings (SSSR count). The molecule has 0 bridgehead atoms. The van der Waals surface area contributed by atoms with Crippen molar-refractivity contribution in [2.45, 2.75) is 32.4 Å². The molecule has 0 saturated heterocycles. The third kappa shape index (κ3) is 9.00. The predicted molar refractivity (Wildman–Crippen MR) is 67.9 cm³/mol. The third-order valence-electron chi connectivity index (χ3n) is 1.74. The van der Waals surface area contributed by atoms with Crippen molar-refractivity contribution in [3.8, 4) is 0 Å². The molecule has 1 atom stereocenters. The largest absolute Gasteiger partial charge is 0.459 e. The zero-order valence-corrected chi connectivity index (χ0v) is 11.6. The van der Waals surface area contributed by atoms with Gasteiger partial charge in [-0.1, -0.05) is 0 Å². The molecule has 16 heavy (non-hydrogen) atoms. The minimum absolute atomic E-state index is 0.162. The Bertz CT molecular complexity index is 204. The fourth-order valence-electron chi connectivity index (χ4n) is 1.07. The molecule has 0 radical (unpaired) electrons. The van der Waals surface area contributed by atoms with Crippen LogP contribution in [0.1, 0.15) is 20.8 Å². The number of rotatable bonds is 7. The molecule has 5 heteroatoms. The van der Waals surface area contributed by atoms with E-state index in [2.05, 4.69) is 5.32 Å². The first kappa shape index (κ1) is 15.7. The number of methoxy groups -OCH3 is 1. The molecule has 0 amide bonds. The maximum Gasteiger partial charge on any atom is 0.316 e. The first-order valence-electron chi connectivity index (χ1n) is 5.35. The van der Waals surface area contributed by atoms with Crippen LogP contribution in [-0.4, -0.2) is 49.9 Å². The van der Waals surface area contributed by atoms with Gasteiger partial charge in [0, 0.05) is 18.9 Å². The number of hydrogen-bond donors (Lipinski definition) is 1. The maximum atomic E-state index is 11.4. The lowest BCUT2D eigenvalue weighted by Crippen LogP contribution is -2.33. The van der Waals surface area contributed by atoms with Crippen LogP contribution in [0.5, 0.6) is 0 Å². The van der Waals surface area contributed by atoms with Gasteiger partial charge in [0.25, 0.3) is 0 Å².